The van der Waals surface area contributed by atoms with E-state index in [9.17, 15) is 38.4 Å². The summed E-state index contributed by atoms with van der Waals surface area (Å²) in [5.41, 5.74) is 45.7. The second-order valence-electron chi connectivity index (χ2n) is 29.6. The zero-order chi connectivity index (χ0) is 93.1. The molecule has 6 aromatic carbocycles. The van der Waals surface area contributed by atoms with Gasteiger partial charge in [0, 0.05) is 135 Å². The smallest absolute Gasteiger partial charge is 0.411 e. The van der Waals surface area contributed by atoms with Crippen molar-refractivity contribution in [1.82, 2.24) is 16.0 Å². The first-order valence-corrected chi connectivity index (χ1v) is 40.0. The number of ether oxygens (including phenoxy) is 2. The zero-order valence-corrected chi connectivity index (χ0v) is 75.2. The van der Waals surface area contributed by atoms with E-state index in [1.54, 1.807) is 97.3 Å². The SMILES string of the molecule is CC(=O)NC1=CC(=O)C=CC1=Nc1ccc(N(C)C)cc1.CC1=CC(=Nc2cc(C)c(N)cc2C)C(N)=CC1=O.CCOC(=O)NC1=CC(=O)C(C)=CC1=Nc1ccc(N(C)C)c(Cl)c1.CNc1ccc(N=C2C=C(C)C(=O)C(C)=C2NC(C)=O)cc1C.CNc1ccc(N=C2C=C(C)C(=O)C=C2N)cc1.COC1=CC(=N)C(N)=CC1=Nc1ccc(N(C)C)cc1. The summed E-state index contributed by atoms with van der Waals surface area (Å²) >= 11 is 6.27. The molecule has 6 aromatic rings. The molecule has 6 aliphatic carbocycles. The Bertz CT molecular complexity index is 5890. The predicted octanol–water partition coefficient (Wildman–Crippen LogP) is 15.4. The number of carbonyl (C=O) groups excluding carboxylic acids is 8. The molecule has 654 valence electrons. The Morgan fingerprint density at radius 3 is 1.44 bits per heavy atom. The number of nitrogens with two attached hydrogens (primary N) is 4. The first-order valence-electron chi connectivity index (χ1n) is 39.6. The van der Waals surface area contributed by atoms with Crippen LogP contribution in [0.5, 0.6) is 0 Å². The lowest BCUT2D eigenvalue weighted by atomic mass is 9.94. The Balaban J connectivity index is 0.000000208. The van der Waals surface area contributed by atoms with E-state index in [0.29, 0.717) is 113 Å². The number of halogens is 1. The van der Waals surface area contributed by atoms with Gasteiger partial charge in [-0.05, 0) is 265 Å². The predicted molar refractivity (Wildman–Crippen MR) is 512 cm³/mol. The van der Waals surface area contributed by atoms with Gasteiger partial charge in [-0.15, -0.1) is 0 Å². The van der Waals surface area contributed by atoms with Crippen LogP contribution in [0.2, 0.25) is 5.02 Å². The lowest BCUT2D eigenvalue weighted by Crippen LogP contribution is -2.30. The monoisotopic (exact) mass is 1720 g/mol. The summed E-state index contributed by atoms with van der Waals surface area (Å²) < 4.78 is 10.1. The average Bonchev–Trinajstić information content (AvgIpc) is 0.711. The lowest BCUT2D eigenvalue weighted by Gasteiger charge is -2.18. The van der Waals surface area contributed by atoms with Crippen molar-refractivity contribution in [2.75, 3.05) is 101 Å². The van der Waals surface area contributed by atoms with Crippen LogP contribution in [0.1, 0.15) is 72.1 Å². The molecule has 0 saturated heterocycles. The van der Waals surface area contributed by atoms with Crippen LogP contribution in [0.25, 0.3) is 0 Å². The highest BCUT2D eigenvalue weighted by Crippen LogP contribution is 2.32. The molecular weight excluding hydrogens is 1610 g/mol. The number of hydrogen-bond donors (Lipinski definition) is 10. The fourth-order valence-electron chi connectivity index (χ4n) is 11.9. The van der Waals surface area contributed by atoms with Crippen LogP contribution < -0.4 is 64.2 Å². The van der Waals surface area contributed by atoms with Crippen LogP contribution in [0, 0.1) is 26.2 Å². The van der Waals surface area contributed by atoms with Crippen molar-refractivity contribution in [3.05, 3.63) is 284 Å². The third kappa shape index (κ3) is 28.4. The van der Waals surface area contributed by atoms with E-state index in [1.165, 1.54) is 44.2 Å². The Morgan fingerprint density at radius 1 is 0.452 bits per heavy atom. The quantitative estimate of drug-likeness (QED) is 0.0318. The van der Waals surface area contributed by atoms with Crippen LogP contribution in [-0.4, -0.2) is 157 Å². The summed E-state index contributed by atoms with van der Waals surface area (Å²) in [5, 5.41) is 22.3. The molecule has 30 heteroatoms. The molecule has 0 unspecified atom stereocenters. The van der Waals surface area contributed by atoms with E-state index in [2.05, 4.69) is 56.5 Å². The molecule has 14 N–H and O–H groups in total. The molecule has 0 aromatic heterocycles. The number of amides is 3. The van der Waals surface area contributed by atoms with Crippen molar-refractivity contribution < 1.29 is 47.8 Å². The van der Waals surface area contributed by atoms with Crippen molar-refractivity contribution >= 4 is 167 Å². The van der Waals surface area contributed by atoms with Gasteiger partial charge in [-0.25, -0.2) is 34.7 Å². The van der Waals surface area contributed by atoms with E-state index in [4.69, 9.17) is 49.4 Å². The van der Waals surface area contributed by atoms with Crippen molar-refractivity contribution in [1.29, 1.82) is 5.41 Å². The van der Waals surface area contributed by atoms with Crippen LogP contribution >= 0.6 is 11.6 Å². The number of ketones is 5. The lowest BCUT2D eigenvalue weighted by molar-refractivity contribution is -0.119. The number of rotatable bonds is 16. The largest absolute Gasteiger partial charge is 0.494 e. The first kappa shape index (κ1) is 97.9. The van der Waals surface area contributed by atoms with Gasteiger partial charge in [0.25, 0.3) is 0 Å². The average molecular weight is 1720 g/mol. The van der Waals surface area contributed by atoms with Gasteiger partial charge >= 0.3 is 6.09 Å². The molecule has 0 atom stereocenters. The number of benzene rings is 6. The standard InChI is InChI=1S/C18H20ClN3O3.C18H21N3O2.C16H17N3O2.C15H18N4O.C15H17N3O.C14H15N3O/c1-5-25-18(24)21-15-10-17(23)11(2)8-14(15)20-12-6-7-16(22(3)4)13(19)9-12;1-10-8-14(6-7-15(10)19-5)21-16-9-11(2)18(23)12(3)17(16)20-13(4)22;1-11(20)17-16-10-14(21)8-9-15(16)18-12-4-6-13(7-5-12)19(2)3;1-19(2)11-6-4-10(5-7-11)18-14-8-12(16)13(17)9-15(14)20-3;1-8-5-13(9(2)4-11(8)16)18-14-6-10(3)15(19)7-12(14)17;1-9-7-13(12(15)8-14(9)18)17-11-5-3-10(16-2)4-6-11/h6-10H,5H2,1-4H3,(H,21,24);6-9,19H,1-5H3,(H,20,22);4-10H,1-3H3,(H,17,20);4-9,17H,16H2,1-3H3;4-7H,16-17H2,1-3H3;3-8,16H,15H2,1-2H3. The highest BCUT2D eigenvalue weighted by molar-refractivity contribution is 6.34. The third-order valence-electron chi connectivity index (χ3n) is 18.9. The Labute approximate surface area is 740 Å². The molecule has 0 radical (unpaired) electrons. The molecular formula is C96H108ClN19O10. The van der Waals surface area contributed by atoms with E-state index >= 15 is 0 Å². The van der Waals surface area contributed by atoms with Crippen LogP contribution in [0.3, 0.4) is 0 Å². The van der Waals surface area contributed by atoms with Gasteiger partial charge < -0.3 is 68.4 Å². The number of nitrogens with zero attached hydrogens (tertiary/aromatic N) is 9. The fourth-order valence-corrected chi connectivity index (χ4v) is 12.2. The van der Waals surface area contributed by atoms with Gasteiger partial charge in [0.15, 0.2) is 28.9 Å². The zero-order valence-electron chi connectivity index (χ0n) is 74.5. The van der Waals surface area contributed by atoms with Gasteiger partial charge in [0.2, 0.25) is 11.8 Å². The number of alkyl carbamates (subject to hydrolysis) is 1. The molecule has 0 bridgehead atoms. The van der Waals surface area contributed by atoms with Crippen LogP contribution in [0.4, 0.5) is 73.0 Å². The van der Waals surface area contributed by atoms with Crippen LogP contribution in [0.15, 0.2) is 292 Å². The highest BCUT2D eigenvalue weighted by Gasteiger charge is 2.25. The maximum Gasteiger partial charge on any atom is 0.411 e. The molecule has 0 saturated carbocycles. The van der Waals surface area contributed by atoms with Gasteiger partial charge in [0.1, 0.15) is 11.5 Å². The maximum atomic E-state index is 12.1. The third-order valence-corrected chi connectivity index (χ3v) is 19.2. The second kappa shape index (κ2) is 45.6. The van der Waals surface area contributed by atoms with Crippen molar-refractivity contribution in [3.63, 3.8) is 0 Å². The molecule has 3 amide bonds. The highest BCUT2D eigenvalue weighted by atomic mass is 35.5. The van der Waals surface area contributed by atoms with Crippen molar-refractivity contribution in [2.45, 2.75) is 76.2 Å². The van der Waals surface area contributed by atoms with Crippen LogP contribution in [-0.2, 0) is 43.0 Å². The van der Waals surface area contributed by atoms with Crippen molar-refractivity contribution in [3.8, 4) is 0 Å². The summed E-state index contributed by atoms with van der Waals surface area (Å²) in [4.78, 5) is 126. The van der Waals surface area contributed by atoms with Gasteiger partial charge in [-0.2, -0.15) is 0 Å². The Hall–Kier alpha value is -15.3. The number of hydrogen-bond acceptors (Lipinski definition) is 26. The number of allylic oxidation sites excluding steroid dienone is 17. The number of anilines is 6. The molecule has 0 spiro atoms. The fraction of sp³-hybridized carbons (Fsp3) is 0.219. The second-order valence-corrected chi connectivity index (χ2v) is 30.0. The first-order chi connectivity index (χ1) is 59.6. The maximum absolute atomic E-state index is 12.1. The summed E-state index contributed by atoms with van der Waals surface area (Å²) in [5.74, 6) is -0.476. The number of nitrogens with one attached hydrogen (secondary N) is 6. The van der Waals surface area contributed by atoms with Gasteiger partial charge in [0.05, 0.1) is 127 Å². The number of nitrogen functional groups attached to an aromatic ring is 1. The summed E-state index contributed by atoms with van der Waals surface area (Å²) in [6.07, 6.45) is 17.9. The summed E-state index contributed by atoms with van der Waals surface area (Å²) in [6.45, 7) is 19.3. The molecule has 29 nitrogen and oxygen atoms in total. The molecule has 0 heterocycles. The number of carbonyl (C=O) groups is 8. The minimum Gasteiger partial charge on any atom is -0.494 e. The van der Waals surface area contributed by atoms with Gasteiger partial charge in [-0.1, -0.05) is 11.6 Å². The topological polar surface area (TPSA) is 427 Å². The molecule has 0 aliphatic heterocycles. The summed E-state index contributed by atoms with van der Waals surface area (Å²) in [6, 6.07) is 38.2. The normalized spacial score (nSPS) is 16.5. The van der Waals surface area contributed by atoms with E-state index in [0.717, 1.165) is 79.3 Å². The van der Waals surface area contributed by atoms with Crippen molar-refractivity contribution in [2.24, 2.45) is 47.2 Å². The number of aryl methyl sites for hydroxylation is 3. The van der Waals surface area contributed by atoms with E-state index in [1.807, 2.05) is 207 Å². The molecule has 126 heavy (non-hydrogen) atoms. The minimum atomic E-state index is -0.636. The molecule has 12 rings (SSSR count). The molecule has 0 fully saturated rings. The van der Waals surface area contributed by atoms with Gasteiger partial charge in [-0.3, -0.25) is 44.3 Å². The van der Waals surface area contributed by atoms with E-state index < -0.39 is 6.09 Å². The Morgan fingerprint density at radius 2 is 0.929 bits per heavy atom. The minimum absolute atomic E-state index is 0.0584. The molecule has 6 aliphatic rings. The van der Waals surface area contributed by atoms with E-state index in [-0.39, 0.29) is 53.0 Å². The Kier molecular flexibility index (Phi) is 35.4. The number of Topliss-reactive ketones (excluding diaryl/α,β-unsaturated/α-hetero) is 1. The summed E-state index contributed by atoms with van der Waals surface area (Å²) in [7, 11) is 17.0. The number of methoxy groups -OCH3 is 1. The number of aliphatic imine (C=N–C) groups is 6.